The molecular weight excluding hydrogens is 288 g/mol. The van der Waals surface area contributed by atoms with Crippen molar-refractivity contribution in [2.45, 2.75) is 52.1 Å². The highest BCUT2D eigenvalue weighted by Gasteiger charge is 2.38. The van der Waals surface area contributed by atoms with Crippen LogP contribution in [0.4, 0.5) is 0 Å². The molecule has 0 aromatic heterocycles. The Morgan fingerprint density at radius 2 is 1.96 bits per heavy atom. The van der Waals surface area contributed by atoms with Gasteiger partial charge in [0.15, 0.2) is 0 Å². The van der Waals surface area contributed by atoms with Crippen LogP contribution in [0.25, 0.3) is 0 Å². The van der Waals surface area contributed by atoms with Gasteiger partial charge in [-0.3, -0.25) is 9.59 Å². The lowest BCUT2D eigenvalue weighted by molar-refractivity contribution is -0.139. The summed E-state index contributed by atoms with van der Waals surface area (Å²) in [5.41, 5.74) is 2.34. The van der Waals surface area contributed by atoms with Crippen molar-refractivity contribution < 1.29 is 9.59 Å². The Hall–Kier alpha value is -1.84. The van der Waals surface area contributed by atoms with E-state index >= 15 is 0 Å². The van der Waals surface area contributed by atoms with E-state index in [1.165, 1.54) is 12.0 Å². The molecule has 1 aromatic carbocycles. The zero-order valence-electron chi connectivity index (χ0n) is 14.1. The van der Waals surface area contributed by atoms with Crippen molar-refractivity contribution in [3.8, 4) is 0 Å². The van der Waals surface area contributed by atoms with Gasteiger partial charge in [0.2, 0.25) is 11.8 Å². The maximum absolute atomic E-state index is 12.7. The van der Waals surface area contributed by atoms with Crippen LogP contribution in [0.1, 0.15) is 43.7 Å². The molecule has 2 amide bonds. The predicted octanol–water partition coefficient (Wildman–Crippen LogP) is 2.74. The summed E-state index contributed by atoms with van der Waals surface area (Å²) in [4.78, 5) is 28.9. The van der Waals surface area contributed by atoms with Crippen molar-refractivity contribution in [1.82, 2.24) is 9.80 Å². The molecule has 0 N–H and O–H groups in total. The van der Waals surface area contributed by atoms with Gasteiger partial charge in [-0.25, -0.2) is 0 Å². The second-order valence-corrected chi connectivity index (χ2v) is 7.04. The van der Waals surface area contributed by atoms with Crippen molar-refractivity contribution in [3.63, 3.8) is 0 Å². The van der Waals surface area contributed by atoms with Crippen molar-refractivity contribution >= 4 is 11.8 Å². The van der Waals surface area contributed by atoms with Gasteiger partial charge in [0.25, 0.3) is 0 Å². The summed E-state index contributed by atoms with van der Waals surface area (Å²) in [5, 5.41) is 0. The van der Waals surface area contributed by atoms with Crippen LogP contribution < -0.4 is 0 Å². The Morgan fingerprint density at radius 3 is 2.65 bits per heavy atom. The highest BCUT2D eigenvalue weighted by atomic mass is 16.2. The van der Waals surface area contributed by atoms with Gasteiger partial charge >= 0.3 is 0 Å². The molecular formula is C19H26N2O2. The Labute approximate surface area is 138 Å². The fraction of sp³-hybridized carbons (Fsp3) is 0.579. The zero-order valence-corrected chi connectivity index (χ0v) is 14.1. The highest BCUT2D eigenvalue weighted by Crippen LogP contribution is 2.26. The number of piperidine rings is 1. The average Bonchev–Trinajstić information content (AvgIpc) is 2.90. The van der Waals surface area contributed by atoms with Gasteiger partial charge in [-0.15, -0.1) is 0 Å². The number of rotatable bonds is 3. The Kier molecular flexibility index (Phi) is 4.69. The first-order chi connectivity index (χ1) is 11.0. The smallest absolute Gasteiger partial charge is 0.228 e. The van der Waals surface area contributed by atoms with E-state index in [4.69, 9.17) is 0 Å². The summed E-state index contributed by atoms with van der Waals surface area (Å²) in [6, 6.07) is 8.56. The molecule has 2 atom stereocenters. The van der Waals surface area contributed by atoms with Crippen LogP contribution in [0, 0.1) is 12.8 Å². The maximum atomic E-state index is 12.7. The number of amides is 2. The molecule has 124 valence electrons. The molecule has 0 saturated carbocycles. The molecule has 3 rings (SSSR count). The molecule has 2 saturated heterocycles. The van der Waals surface area contributed by atoms with E-state index in [0.717, 1.165) is 24.9 Å². The largest absolute Gasteiger partial charge is 0.340 e. The fourth-order valence-electron chi connectivity index (χ4n) is 3.66. The van der Waals surface area contributed by atoms with E-state index in [1.54, 1.807) is 0 Å². The number of benzene rings is 1. The lowest BCUT2D eigenvalue weighted by Crippen LogP contribution is -2.45. The van der Waals surface area contributed by atoms with Crippen molar-refractivity contribution in [1.29, 1.82) is 0 Å². The van der Waals surface area contributed by atoms with Gasteiger partial charge in [-0.1, -0.05) is 29.8 Å². The molecule has 4 heteroatoms. The second-order valence-electron chi connectivity index (χ2n) is 7.04. The zero-order chi connectivity index (χ0) is 16.4. The third kappa shape index (κ3) is 3.57. The van der Waals surface area contributed by atoms with Crippen LogP contribution >= 0.6 is 0 Å². The molecule has 2 heterocycles. The van der Waals surface area contributed by atoms with Gasteiger partial charge in [-0.2, -0.15) is 0 Å². The molecule has 2 unspecified atom stereocenters. The molecule has 0 radical (unpaired) electrons. The minimum atomic E-state index is -0.159. The quantitative estimate of drug-likeness (QED) is 0.861. The van der Waals surface area contributed by atoms with Crippen LogP contribution in [-0.2, 0) is 16.1 Å². The standard InChI is InChI=1S/C19H26N2O2/c1-14-6-8-16(9-7-14)12-20-13-17(11-18(20)22)19(23)21-10-4-3-5-15(21)2/h6-9,15,17H,3-5,10-13H2,1-2H3. The number of carbonyl (C=O) groups is 2. The summed E-state index contributed by atoms with van der Waals surface area (Å²) in [6.07, 6.45) is 3.74. The summed E-state index contributed by atoms with van der Waals surface area (Å²) in [5.74, 6) is 0.124. The lowest BCUT2D eigenvalue weighted by atomic mass is 9.99. The summed E-state index contributed by atoms with van der Waals surface area (Å²) >= 11 is 0. The number of aryl methyl sites for hydroxylation is 1. The molecule has 4 nitrogen and oxygen atoms in total. The molecule has 2 aliphatic heterocycles. The molecule has 0 spiro atoms. The van der Waals surface area contributed by atoms with Gasteiger partial charge in [0.1, 0.15) is 0 Å². The Bertz CT molecular complexity index is 582. The second kappa shape index (κ2) is 6.73. The molecule has 0 bridgehead atoms. The lowest BCUT2D eigenvalue weighted by Gasteiger charge is -2.35. The maximum Gasteiger partial charge on any atom is 0.228 e. The van der Waals surface area contributed by atoms with Crippen LogP contribution in [-0.4, -0.2) is 40.7 Å². The molecule has 2 aliphatic rings. The van der Waals surface area contributed by atoms with E-state index < -0.39 is 0 Å². The van der Waals surface area contributed by atoms with Gasteiger partial charge < -0.3 is 9.80 Å². The SMILES string of the molecule is Cc1ccc(CN2CC(C(=O)N3CCCCC3C)CC2=O)cc1. The van der Waals surface area contributed by atoms with E-state index in [1.807, 2.05) is 9.80 Å². The highest BCUT2D eigenvalue weighted by molar-refractivity contribution is 5.89. The molecule has 2 fully saturated rings. The predicted molar refractivity (Wildman–Crippen MR) is 89.7 cm³/mol. The van der Waals surface area contributed by atoms with Crippen LogP contribution in [0.2, 0.25) is 0 Å². The van der Waals surface area contributed by atoms with Crippen LogP contribution in [0.3, 0.4) is 0 Å². The fourth-order valence-corrected chi connectivity index (χ4v) is 3.66. The average molecular weight is 314 g/mol. The molecule has 0 aliphatic carbocycles. The number of nitrogens with zero attached hydrogens (tertiary/aromatic N) is 2. The number of hydrogen-bond acceptors (Lipinski definition) is 2. The van der Waals surface area contributed by atoms with E-state index in [0.29, 0.717) is 25.6 Å². The minimum Gasteiger partial charge on any atom is -0.340 e. The van der Waals surface area contributed by atoms with Gasteiger partial charge in [0, 0.05) is 32.1 Å². The van der Waals surface area contributed by atoms with Crippen molar-refractivity contribution in [3.05, 3.63) is 35.4 Å². The third-order valence-electron chi connectivity index (χ3n) is 5.14. The first kappa shape index (κ1) is 16.0. The Morgan fingerprint density at radius 1 is 1.22 bits per heavy atom. The number of carbonyl (C=O) groups excluding carboxylic acids is 2. The first-order valence-electron chi connectivity index (χ1n) is 8.68. The normalized spacial score (nSPS) is 25.0. The molecule has 23 heavy (non-hydrogen) atoms. The summed E-state index contributed by atoms with van der Waals surface area (Å²) in [6.45, 7) is 6.20. The number of hydrogen-bond donors (Lipinski definition) is 0. The van der Waals surface area contributed by atoms with Crippen LogP contribution in [0.5, 0.6) is 0 Å². The van der Waals surface area contributed by atoms with Gasteiger partial charge in [-0.05, 0) is 38.7 Å². The summed E-state index contributed by atoms with van der Waals surface area (Å²) < 4.78 is 0. The third-order valence-corrected chi connectivity index (χ3v) is 5.14. The molecule has 1 aromatic rings. The van der Waals surface area contributed by atoms with E-state index in [2.05, 4.69) is 38.1 Å². The van der Waals surface area contributed by atoms with Crippen molar-refractivity contribution in [2.75, 3.05) is 13.1 Å². The van der Waals surface area contributed by atoms with Gasteiger partial charge in [0.05, 0.1) is 5.92 Å². The van der Waals surface area contributed by atoms with Crippen molar-refractivity contribution in [2.24, 2.45) is 5.92 Å². The van der Waals surface area contributed by atoms with E-state index in [9.17, 15) is 9.59 Å². The topological polar surface area (TPSA) is 40.6 Å². The number of likely N-dealkylation sites (tertiary alicyclic amines) is 2. The monoisotopic (exact) mass is 314 g/mol. The van der Waals surface area contributed by atoms with Crippen LogP contribution in [0.15, 0.2) is 24.3 Å². The Balaban J connectivity index is 1.62. The first-order valence-corrected chi connectivity index (χ1v) is 8.68. The van der Waals surface area contributed by atoms with E-state index in [-0.39, 0.29) is 17.7 Å². The minimum absolute atomic E-state index is 0.105. The summed E-state index contributed by atoms with van der Waals surface area (Å²) in [7, 11) is 0.